The molecule has 1 atom stereocenters. The lowest BCUT2D eigenvalue weighted by molar-refractivity contribution is 0.556. The molecule has 4 nitrogen and oxygen atoms in total. The van der Waals surface area contributed by atoms with Gasteiger partial charge in [-0.05, 0) is 31.0 Å². The lowest BCUT2D eigenvalue weighted by atomic mass is 10.2. The van der Waals surface area contributed by atoms with Gasteiger partial charge >= 0.3 is 0 Å². The van der Waals surface area contributed by atoms with Crippen molar-refractivity contribution in [3.05, 3.63) is 28.8 Å². The fourth-order valence-electron chi connectivity index (χ4n) is 1.28. The molecule has 0 amide bonds. The summed E-state index contributed by atoms with van der Waals surface area (Å²) in [6, 6.07) is 4.47. The molecule has 3 N–H and O–H groups in total. The molecule has 1 rings (SSSR count). The highest BCUT2D eigenvalue weighted by Crippen LogP contribution is 2.20. The lowest BCUT2D eigenvalue weighted by Gasteiger charge is -2.12. The van der Waals surface area contributed by atoms with E-state index in [9.17, 15) is 8.42 Å². The van der Waals surface area contributed by atoms with E-state index in [0.717, 1.165) is 12.0 Å². The van der Waals surface area contributed by atoms with Gasteiger partial charge in [0.15, 0.2) is 0 Å². The molecule has 6 heteroatoms. The van der Waals surface area contributed by atoms with Crippen molar-refractivity contribution in [3.63, 3.8) is 0 Å². The van der Waals surface area contributed by atoms with Crippen LogP contribution in [0.1, 0.15) is 25.8 Å². The van der Waals surface area contributed by atoms with Crippen LogP contribution in [0.2, 0.25) is 5.02 Å². The molecular formula is C11H17ClN2O2S. The summed E-state index contributed by atoms with van der Waals surface area (Å²) in [5.41, 5.74) is 6.19. The second kappa shape index (κ2) is 5.82. The summed E-state index contributed by atoms with van der Waals surface area (Å²) in [6.45, 7) is 4.02. The molecular weight excluding hydrogens is 260 g/mol. The van der Waals surface area contributed by atoms with Crippen LogP contribution in [-0.4, -0.2) is 14.5 Å². The largest absolute Gasteiger partial charge is 0.326 e. The van der Waals surface area contributed by atoms with Crippen LogP contribution in [0.15, 0.2) is 23.1 Å². The predicted octanol–water partition coefficient (Wildman–Crippen LogP) is 1.88. The summed E-state index contributed by atoms with van der Waals surface area (Å²) < 4.78 is 26.5. The number of hydrogen-bond donors (Lipinski definition) is 2. The van der Waals surface area contributed by atoms with Crippen LogP contribution >= 0.6 is 11.6 Å². The standard InChI is InChI=1S/C11H17ClN2O2S/c1-3-8(2)14-17(15,16)10-5-4-9(7-13)11(12)6-10/h4-6,8,14H,3,7,13H2,1-2H3. The van der Waals surface area contributed by atoms with Crippen LogP contribution < -0.4 is 10.5 Å². The Morgan fingerprint density at radius 1 is 1.47 bits per heavy atom. The highest BCUT2D eigenvalue weighted by Gasteiger charge is 2.17. The van der Waals surface area contributed by atoms with Gasteiger partial charge in [0.25, 0.3) is 0 Å². The number of nitrogens with two attached hydrogens (primary N) is 1. The summed E-state index contributed by atoms with van der Waals surface area (Å²) >= 11 is 5.93. The summed E-state index contributed by atoms with van der Waals surface area (Å²) in [4.78, 5) is 0.167. The first-order valence-corrected chi connectivity index (χ1v) is 7.27. The molecule has 0 aliphatic heterocycles. The average molecular weight is 277 g/mol. The zero-order chi connectivity index (χ0) is 13.1. The Kier molecular flexibility index (Phi) is 4.94. The fraction of sp³-hybridized carbons (Fsp3) is 0.455. The smallest absolute Gasteiger partial charge is 0.240 e. The zero-order valence-electron chi connectivity index (χ0n) is 9.90. The van der Waals surface area contributed by atoms with E-state index in [1.807, 2.05) is 13.8 Å². The van der Waals surface area contributed by atoms with Crippen LogP contribution in [0, 0.1) is 0 Å². The molecule has 1 aromatic rings. The number of hydrogen-bond acceptors (Lipinski definition) is 3. The first-order chi connectivity index (χ1) is 7.90. The Hall–Kier alpha value is -0.620. The second-order valence-electron chi connectivity index (χ2n) is 3.89. The SMILES string of the molecule is CCC(C)NS(=O)(=O)c1ccc(CN)c(Cl)c1. The van der Waals surface area contributed by atoms with E-state index in [4.69, 9.17) is 17.3 Å². The van der Waals surface area contributed by atoms with Gasteiger partial charge in [0.1, 0.15) is 0 Å². The van der Waals surface area contributed by atoms with Gasteiger partial charge in [0.05, 0.1) is 4.90 Å². The minimum absolute atomic E-state index is 0.104. The maximum absolute atomic E-state index is 12.0. The quantitative estimate of drug-likeness (QED) is 0.862. The van der Waals surface area contributed by atoms with Gasteiger partial charge in [0, 0.05) is 17.6 Å². The van der Waals surface area contributed by atoms with Crippen molar-refractivity contribution in [2.75, 3.05) is 0 Å². The summed E-state index contributed by atoms with van der Waals surface area (Å²) in [6.07, 6.45) is 0.730. The molecule has 0 aromatic heterocycles. The van der Waals surface area contributed by atoms with Crippen LogP contribution in [0.5, 0.6) is 0 Å². The Morgan fingerprint density at radius 3 is 2.59 bits per heavy atom. The van der Waals surface area contributed by atoms with Gasteiger partial charge in [-0.3, -0.25) is 0 Å². The summed E-state index contributed by atoms with van der Waals surface area (Å²) in [5, 5.41) is 0.375. The maximum atomic E-state index is 12.0. The Morgan fingerprint density at radius 2 is 2.12 bits per heavy atom. The van der Waals surface area contributed by atoms with E-state index in [1.54, 1.807) is 6.07 Å². The van der Waals surface area contributed by atoms with Crippen molar-refractivity contribution >= 4 is 21.6 Å². The first-order valence-electron chi connectivity index (χ1n) is 5.41. The van der Waals surface area contributed by atoms with Crippen molar-refractivity contribution in [2.24, 2.45) is 5.73 Å². The third-order valence-corrected chi connectivity index (χ3v) is 4.46. The number of sulfonamides is 1. The number of halogens is 1. The van der Waals surface area contributed by atoms with Crippen LogP contribution in [0.3, 0.4) is 0 Å². The molecule has 0 radical (unpaired) electrons. The van der Waals surface area contributed by atoms with Gasteiger partial charge < -0.3 is 5.73 Å². The van der Waals surface area contributed by atoms with Gasteiger partial charge in [-0.25, -0.2) is 13.1 Å². The van der Waals surface area contributed by atoms with Crippen molar-refractivity contribution in [2.45, 2.75) is 37.8 Å². The molecule has 0 aliphatic rings. The molecule has 17 heavy (non-hydrogen) atoms. The molecule has 1 aromatic carbocycles. The van der Waals surface area contributed by atoms with E-state index in [2.05, 4.69) is 4.72 Å². The van der Waals surface area contributed by atoms with E-state index < -0.39 is 10.0 Å². The Labute approximate surface area is 107 Å². The molecule has 0 fully saturated rings. The number of nitrogens with one attached hydrogen (secondary N) is 1. The molecule has 0 aliphatic carbocycles. The Bertz CT molecular complexity index is 488. The van der Waals surface area contributed by atoms with Crippen LogP contribution in [0.25, 0.3) is 0 Å². The maximum Gasteiger partial charge on any atom is 0.240 e. The van der Waals surface area contributed by atoms with Gasteiger partial charge in [0.2, 0.25) is 10.0 Å². The highest BCUT2D eigenvalue weighted by atomic mass is 35.5. The van der Waals surface area contributed by atoms with Crippen LogP contribution in [-0.2, 0) is 16.6 Å². The number of benzene rings is 1. The molecule has 0 bridgehead atoms. The number of rotatable bonds is 5. The fourth-order valence-corrected chi connectivity index (χ4v) is 2.95. The third-order valence-electron chi connectivity index (χ3n) is 2.52. The van der Waals surface area contributed by atoms with E-state index >= 15 is 0 Å². The molecule has 96 valence electrons. The van der Waals surface area contributed by atoms with Crippen LogP contribution in [0.4, 0.5) is 0 Å². The van der Waals surface area contributed by atoms with Crippen molar-refractivity contribution in [1.29, 1.82) is 0 Å². The van der Waals surface area contributed by atoms with Gasteiger partial charge in [-0.15, -0.1) is 0 Å². The molecule has 0 saturated carbocycles. The molecule has 0 spiro atoms. The monoisotopic (exact) mass is 276 g/mol. The van der Waals surface area contributed by atoms with Gasteiger partial charge in [-0.1, -0.05) is 24.6 Å². The normalized spacial score (nSPS) is 13.6. The van der Waals surface area contributed by atoms with E-state index in [-0.39, 0.29) is 17.5 Å². The third kappa shape index (κ3) is 3.67. The summed E-state index contributed by atoms with van der Waals surface area (Å²) in [7, 11) is -3.49. The molecule has 1 unspecified atom stereocenters. The second-order valence-corrected chi connectivity index (χ2v) is 6.01. The van der Waals surface area contributed by atoms with E-state index in [0.29, 0.717) is 5.02 Å². The van der Waals surface area contributed by atoms with Crippen molar-refractivity contribution in [3.8, 4) is 0 Å². The average Bonchev–Trinajstić information content (AvgIpc) is 2.28. The lowest BCUT2D eigenvalue weighted by Crippen LogP contribution is -2.32. The predicted molar refractivity (Wildman–Crippen MR) is 69.4 cm³/mol. The minimum Gasteiger partial charge on any atom is -0.326 e. The van der Waals surface area contributed by atoms with Crippen molar-refractivity contribution < 1.29 is 8.42 Å². The first kappa shape index (κ1) is 14.4. The molecule has 0 saturated heterocycles. The highest BCUT2D eigenvalue weighted by molar-refractivity contribution is 7.89. The minimum atomic E-state index is -3.49. The Balaban J connectivity index is 3.04. The van der Waals surface area contributed by atoms with E-state index in [1.165, 1.54) is 12.1 Å². The topological polar surface area (TPSA) is 72.2 Å². The summed E-state index contributed by atoms with van der Waals surface area (Å²) in [5.74, 6) is 0. The van der Waals surface area contributed by atoms with Gasteiger partial charge in [-0.2, -0.15) is 0 Å². The van der Waals surface area contributed by atoms with Crippen molar-refractivity contribution in [1.82, 2.24) is 4.72 Å². The molecule has 0 heterocycles. The zero-order valence-corrected chi connectivity index (χ0v) is 11.5.